The smallest absolute Gasteiger partial charge is 0.394 e. The van der Waals surface area contributed by atoms with E-state index in [1.165, 1.54) is 0 Å². The molecule has 0 aromatic rings. The first kappa shape index (κ1) is 36.2. The van der Waals surface area contributed by atoms with E-state index in [9.17, 15) is 0 Å². The van der Waals surface area contributed by atoms with Crippen molar-refractivity contribution < 1.29 is 46.2 Å². The molecule has 12 heteroatoms. The molecule has 0 amide bonds. The summed E-state index contributed by atoms with van der Waals surface area (Å²) in [6, 6.07) is 1.52. The first-order valence-electron chi connectivity index (χ1n) is 12.1. The maximum Gasteiger partial charge on any atom is 0.500 e. The summed E-state index contributed by atoms with van der Waals surface area (Å²) in [7, 11) is 2.94. The quantitative estimate of drug-likeness (QED) is 0.159. The normalized spacial score (nSPS) is 13.9. The van der Waals surface area contributed by atoms with Crippen molar-refractivity contribution in [2.75, 3.05) is 68.6 Å². The minimum atomic E-state index is -2.68. The summed E-state index contributed by atoms with van der Waals surface area (Å²) in [6.45, 7) is 7.79. The van der Waals surface area contributed by atoms with Crippen molar-refractivity contribution in [3.8, 4) is 0 Å². The van der Waals surface area contributed by atoms with E-state index in [-0.39, 0.29) is 18.8 Å². The van der Waals surface area contributed by atoms with Crippen molar-refractivity contribution in [2.24, 2.45) is 0 Å². The summed E-state index contributed by atoms with van der Waals surface area (Å²) in [4.78, 5) is 0. The maximum absolute atomic E-state index is 8.98. The lowest BCUT2D eigenvalue weighted by molar-refractivity contribution is 0.0222. The predicted octanol–water partition coefficient (Wildman–Crippen LogP) is 2.86. The van der Waals surface area contributed by atoms with Crippen LogP contribution in [0.15, 0.2) is 0 Å². The van der Waals surface area contributed by atoms with E-state index in [0.29, 0.717) is 32.5 Å². The zero-order chi connectivity index (χ0) is 26.3. The number of rotatable bonds is 22. The highest BCUT2D eigenvalue weighted by molar-refractivity contribution is 6.61. The fraction of sp³-hybridized carbons (Fsp3) is 1.00. The average Bonchev–Trinajstić information content (AvgIpc) is 2.85. The van der Waals surface area contributed by atoms with Gasteiger partial charge in [-0.05, 0) is 39.5 Å². The Balaban J connectivity index is 0. The van der Waals surface area contributed by atoms with Gasteiger partial charge in [-0.25, -0.2) is 0 Å². The molecule has 0 aliphatic heterocycles. The molecule has 0 heterocycles. The zero-order valence-electron chi connectivity index (χ0n) is 22.8. The number of hydrogen-bond donors (Lipinski definition) is 2. The third kappa shape index (κ3) is 18.3. The first-order valence-corrected chi connectivity index (χ1v) is 16.0. The van der Waals surface area contributed by atoms with Crippen molar-refractivity contribution in [3.63, 3.8) is 0 Å². The Labute approximate surface area is 209 Å². The van der Waals surface area contributed by atoms with Gasteiger partial charge in [0.1, 0.15) is 0 Å². The molecule has 0 aromatic heterocycles. The van der Waals surface area contributed by atoms with Gasteiger partial charge in [0.15, 0.2) is 0 Å². The zero-order valence-corrected chi connectivity index (χ0v) is 24.8. The van der Waals surface area contributed by atoms with Gasteiger partial charge < -0.3 is 46.2 Å². The maximum atomic E-state index is 8.98. The summed E-state index contributed by atoms with van der Waals surface area (Å²) >= 11 is 0. The van der Waals surface area contributed by atoms with E-state index in [4.69, 9.17) is 41.5 Å². The molecule has 0 rings (SSSR count). The molecular weight excluding hydrogens is 480 g/mol. The standard InChI is InChI=1S/C18H42O8Si2.C4H10O2/c1-7-8-15-27(20-3,21-4)25-13-9-10-14-26-28(22-5,23-6)16-11-12-24-18(2)17-19;1-4(5)3-6-2/h18-19H,7-17H2,1-6H3;4-5H,3H2,1-2H3. The van der Waals surface area contributed by atoms with Crippen molar-refractivity contribution in [2.45, 2.75) is 77.2 Å². The molecule has 34 heavy (non-hydrogen) atoms. The van der Waals surface area contributed by atoms with Crippen LogP contribution < -0.4 is 0 Å². The molecule has 0 aliphatic rings. The van der Waals surface area contributed by atoms with Crippen LogP contribution in [0.1, 0.15) is 52.9 Å². The largest absolute Gasteiger partial charge is 0.500 e. The Hall–Kier alpha value is 0.0338. The Morgan fingerprint density at radius 2 is 1.18 bits per heavy atom. The van der Waals surface area contributed by atoms with Gasteiger partial charge >= 0.3 is 17.6 Å². The number of unbranched alkanes of at least 4 members (excludes halogenated alkanes) is 2. The molecule has 0 bridgehead atoms. The highest BCUT2D eigenvalue weighted by Crippen LogP contribution is 2.19. The van der Waals surface area contributed by atoms with Gasteiger partial charge in [0, 0.05) is 67.5 Å². The summed E-state index contributed by atoms with van der Waals surface area (Å²) in [5, 5.41) is 17.4. The molecule has 0 aliphatic carbocycles. The highest BCUT2D eigenvalue weighted by Gasteiger charge is 2.39. The lowest BCUT2D eigenvalue weighted by Gasteiger charge is -2.27. The minimum absolute atomic E-state index is 0.0183. The molecule has 2 atom stereocenters. The Morgan fingerprint density at radius 1 is 0.706 bits per heavy atom. The van der Waals surface area contributed by atoms with Crippen LogP contribution in [0.3, 0.4) is 0 Å². The summed E-state index contributed by atoms with van der Waals surface area (Å²) in [5.74, 6) is 0. The van der Waals surface area contributed by atoms with Crippen molar-refractivity contribution in [1.82, 2.24) is 0 Å². The lowest BCUT2D eigenvalue weighted by Crippen LogP contribution is -2.44. The summed E-state index contributed by atoms with van der Waals surface area (Å²) in [6.07, 6.45) is 4.09. The second-order valence-corrected chi connectivity index (χ2v) is 13.9. The van der Waals surface area contributed by atoms with Crippen molar-refractivity contribution >= 4 is 17.6 Å². The Bertz CT molecular complexity index is 424. The molecular formula is C22H52O10Si2. The third-order valence-corrected chi connectivity index (χ3v) is 10.7. The van der Waals surface area contributed by atoms with Crippen LogP contribution in [-0.4, -0.2) is 109 Å². The van der Waals surface area contributed by atoms with Gasteiger partial charge in [-0.1, -0.05) is 13.3 Å². The molecule has 2 N–H and O–H groups in total. The highest BCUT2D eigenvalue weighted by atomic mass is 28.4. The number of ether oxygens (including phenoxy) is 2. The van der Waals surface area contributed by atoms with Crippen LogP contribution >= 0.6 is 0 Å². The number of hydrogen-bond acceptors (Lipinski definition) is 10. The van der Waals surface area contributed by atoms with Gasteiger partial charge in [0.25, 0.3) is 0 Å². The second kappa shape index (κ2) is 23.4. The Morgan fingerprint density at radius 3 is 1.50 bits per heavy atom. The number of methoxy groups -OCH3 is 1. The fourth-order valence-electron chi connectivity index (χ4n) is 2.87. The molecule has 0 radical (unpaired) electrons. The fourth-order valence-corrected chi connectivity index (χ4v) is 7.06. The number of aliphatic hydroxyl groups is 2. The lowest BCUT2D eigenvalue weighted by atomic mass is 10.3. The van der Waals surface area contributed by atoms with Crippen LogP contribution in [-0.2, 0) is 36.0 Å². The first-order chi connectivity index (χ1) is 16.2. The van der Waals surface area contributed by atoms with E-state index in [1.54, 1.807) is 42.5 Å². The van der Waals surface area contributed by atoms with Crippen LogP contribution in [0.5, 0.6) is 0 Å². The minimum Gasteiger partial charge on any atom is -0.394 e. The van der Waals surface area contributed by atoms with Gasteiger partial charge in [-0.15, -0.1) is 0 Å². The van der Waals surface area contributed by atoms with Crippen LogP contribution in [0.25, 0.3) is 0 Å². The topological polar surface area (TPSA) is 114 Å². The molecule has 2 unspecified atom stereocenters. The molecule has 0 aromatic carbocycles. The van der Waals surface area contributed by atoms with E-state index in [2.05, 4.69) is 11.7 Å². The molecule has 0 saturated carbocycles. The van der Waals surface area contributed by atoms with Gasteiger partial charge in [-0.3, -0.25) is 0 Å². The predicted molar refractivity (Wildman–Crippen MR) is 136 cm³/mol. The van der Waals surface area contributed by atoms with E-state index < -0.39 is 17.6 Å². The van der Waals surface area contributed by atoms with Crippen LogP contribution in [0.2, 0.25) is 12.1 Å². The van der Waals surface area contributed by atoms with E-state index in [0.717, 1.165) is 38.1 Å². The van der Waals surface area contributed by atoms with E-state index in [1.807, 2.05) is 6.92 Å². The molecule has 10 nitrogen and oxygen atoms in total. The summed E-state index contributed by atoms with van der Waals surface area (Å²) in [5.41, 5.74) is 0. The van der Waals surface area contributed by atoms with Crippen LogP contribution in [0, 0.1) is 0 Å². The Kier molecular flexibility index (Phi) is 24.9. The molecule has 0 saturated heterocycles. The molecule has 0 fully saturated rings. The van der Waals surface area contributed by atoms with Crippen LogP contribution in [0.4, 0.5) is 0 Å². The molecule has 208 valence electrons. The van der Waals surface area contributed by atoms with Crippen molar-refractivity contribution in [1.29, 1.82) is 0 Å². The number of aliphatic hydroxyl groups excluding tert-OH is 2. The van der Waals surface area contributed by atoms with Gasteiger partial charge in [-0.2, -0.15) is 0 Å². The average molecular weight is 533 g/mol. The monoisotopic (exact) mass is 532 g/mol. The van der Waals surface area contributed by atoms with E-state index >= 15 is 0 Å². The van der Waals surface area contributed by atoms with Crippen molar-refractivity contribution in [3.05, 3.63) is 0 Å². The molecule has 0 spiro atoms. The van der Waals surface area contributed by atoms with Gasteiger partial charge in [0.05, 0.1) is 25.4 Å². The second-order valence-electron chi connectivity index (χ2n) is 7.96. The summed E-state index contributed by atoms with van der Waals surface area (Å²) < 4.78 is 44.3. The van der Waals surface area contributed by atoms with Gasteiger partial charge in [0.2, 0.25) is 0 Å². The third-order valence-electron chi connectivity index (χ3n) is 4.96. The SMILES string of the molecule is CCCC[Si](OC)(OC)OCCCCO[Si](CCCOC(C)CO)(OC)OC.COCC(C)O.